The molecule has 0 radical (unpaired) electrons. The molecule has 122 valence electrons. The number of hydrogen-bond donors (Lipinski definition) is 2. The Balaban J connectivity index is 2.41. The van der Waals surface area contributed by atoms with Crippen LogP contribution in [0.3, 0.4) is 0 Å². The molecule has 9 heteroatoms. The highest BCUT2D eigenvalue weighted by Gasteiger charge is 2.23. The van der Waals surface area contributed by atoms with Crippen molar-refractivity contribution in [2.75, 3.05) is 19.5 Å². The van der Waals surface area contributed by atoms with Gasteiger partial charge in [-0.15, -0.1) is 0 Å². The van der Waals surface area contributed by atoms with E-state index in [1.165, 1.54) is 20.3 Å². The van der Waals surface area contributed by atoms with Gasteiger partial charge in [0.25, 0.3) is 5.69 Å². The van der Waals surface area contributed by atoms with Crippen LogP contribution in [0.2, 0.25) is 0 Å². The summed E-state index contributed by atoms with van der Waals surface area (Å²) in [5.41, 5.74) is 1.60. The Morgan fingerprint density at radius 1 is 1.43 bits per heavy atom. The second-order valence-electron chi connectivity index (χ2n) is 4.67. The first kappa shape index (κ1) is 16.3. The average Bonchev–Trinajstić information content (AvgIpc) is 2.96. The summed E-state index contributed by atoms with van der Waals surface area (Å²) in [5, 5.41) is 21.0. The fourth-order valence-corrected chi connectivity index (χ4v) is 2.06. The first-order valence-electron chi connectivity index (χ1n) is 6.65. The Hall–Kier alpha value is -3.10. The molecule has 0 spiro atoms. The monoisotopic (exact) mass is 320 g/mol. The minimum absolute atomic E-state index is 0.0427. The lowest BCUT2D eigenvalue weighted by atomic mass is 10.1. The topological polar surface area (TPSA) is 119 Å². The van der Waals surface area contributed by atoms with Crippen molar-refractivity contribution in [1.82, 2.24) is 10.2 Å². The van der Waals surface area contributed by atoms with Gasteiger partial charge >= 0.3 is 5.97 Å². The van der Waals surface area contributed by atoms with Crippen LogP contribution in [0.15, 0.2) is 18.3 Å². The molecule has 0 atom stereocenters. The lowest BCUT2D eigenvalue weighted by Gasteiger charge is -2.12. The largest absolute Gasteiger partial charge is 0.494 e. The molecule has 0 aliphatic rings. The molecule has 0 aliphatic carbocycles. The van der Waals surface area contributed by atoms with Gasteiger partial charge in [-0.25, -0.2) is 4.79 Å². The number of aromatic nitrogens is 2. The summed E-state index contributed by atoms with van der Waals surface area (Å²) in [4.78, 5) is 22.4. The minimum Gasteiger partial charge on any atom is -0.494 e. The number of esters is 1. The smallest absolute Gasteiger partial charge is 0.338 e. The number of H-pyrrole nitrogens is 1. The third-order valence-corrected chi connectivity index (χ3v) is 3.31. The summed E-state index contributed by atoms with van der Waals surface area (Å²) in [6.45, 7) is 2.14. The zero-order valence-electron chi connectivity index (χ0n) is 12.9. The highest BCUT2D eigenvalue weighted by atomic mass is 16.6. The number of nitrogens with zero attached hydrogens (tertiary/aromatic N) is 2. The third-order valence-electron chi connectivity index (χ3n) is 3.31. The van der Waals surface area contributed by atoms with Gasteiger partial charge in [-0.05, 0) is 13.0 Å². The van der Waals surface area contributed by atoms with E-state index in [9.17, 15) is 14.9 Å². The zero-order valence-corrected chi connectivity index (χ0v) is 12.9. The Bertz CT molecular complexity index is 741. The van der Waals surface area contributed by atoms with Crippen LogP contribution >= 0.6 is 0 Å². The van der Waals surface area contributed by atoms with Gasteiger partial charge in [0.2, 0.25) is 0 Å². The number of benzene rings is 1. The molecular weight excluding hydrogens is 304 g/mol. The molecule has 2 aromatic rings. The average molecular weight is 320 g/mol. The number of anilines is 1. The Kier molecular flexibility index (Phi) is 4.79. The number of methoxy groups -OCH3 is 2. The first-order valence-corrected chi connectivity index (χ1v) is 6.65. The van der Waals surface area contributed by atoms with Crippen molar-refractivity contribution in [2.45, 2.75) is 13.5 Å². The molecule has 1 aromatic carbocycles. The van der Waals surface area contributed by atoms with Gasteiger partial charge in [0.05, 0.1) is 30.4 Å². The van der Waals surface area contributed by atoms with Crippen molar-refractivity contribution in [3.8, 4) is 5.75 Å². The van der Waals surface area contributed by atoms with Gasteiger partial charge in [-0.3, -0.25) is 15.2 Å². The van der Waals surface area contributed by atoms with E-state index in [1.54, 1.807) is 6.20 Å². The molecule has 0 amide bonds. The maximum Gasteiger partial charge on any atom is 0.338 e. The summed E-state index contributed by atoms with van der Waals surface area (Å²) >= 11 is 0. The number of carbonyl (C=O) groups excluding carboxylic acids is 1. The fraction of sp³-hybridized carbons (Fsp3) is 0.286. The third kappa shape index (κ3) is 3.39. The van der Waals surface area contributed by atoms with Crippen molar-refractivity contribution >= 4 is 17.3 Å². The normalized spacial score (nSPS) is 10.2. The van der Waals surface area contributed by atoms with Crippen LogP contribution in [0.5, 0.6) is 5.75 Å². The van der Waals surface area contributed by atoms with Gasteiger partial charge in [0.15, 0.2) is 5.69 Å². The molecule has 2 N–H and O–H groups in total. The van der Waals surface area contributed by atoms with Gasteiger partial charge in [0, 0.05) is 24.4 Å². The van der Waals surface area contributed by atoms with Gasteiger partial charge in [-0.2, -0.15) is 5.10 Å². The molecule has 0 bridgehead atoms. The van der Waals surface area contributed by atoms with E-state index in [0.29, 0.717) is 6.54 Å². The molecular formula is C14H16N4O5. The second kappa shape index (κ2) is 6.77. The molecule has 9 nitrogen and oxygen atoms in total. The van der Waals surface area contributed by atoms with Crippen molar-refractivity contribution < 1.29 is 19.2 Å². The van der Waals surface area contributed by atoms with Crippen LogP contribution in [-0.4, -0.2) is 35.3 Å². The van der Waals surface area contributed by atoms with Crippen LogP contribution in [0.1, 0.15) is 21.6 Å². The van der Waals surface area contributed by atoms with Crippen molar-refractivity contribution in [1.29, 1.82) is 0 Å². The highest BCUT2D eigenvalue weighted by molar-refractivity contribution is 5.92. The summed E-state index contributed by atoms with van der Waals surface area (Å²) in [5.74, 6) is -0.496. The predicted octanol–water partition coefficient (Wildman–Crippen LogP) is 2.03. The fourth-order valence-electron chi connectivity index (χ4n) is 2.06. The van der Waals surface area contributed by atoms with Crippen LogP contribution in [-0.2, 0) is 11.3 Å². The Morgan fingerprint density at radius 3 is 2.70 bits per heavy atom. The van der Waals surface area contributed by atoms with Crippen molar-refractivity contribution in [2.24, 2.45) is 0 Å². The second-order valence-corrected chi connectivity index (χ2v) is 4.67. The number of aromatic amines is 1. The van der Waals surface area contributed by atoms with Crippen LogP contribution < -0.4 is 10.1 Å². The van der Waals surface area contributed by atoms with Crippen molar-refractivity contribution in [3.05, 3.63) is 45.3 Å². The Labute approximate surface area is 131 Å². The summed E-state index contributed by atoms with van der Waals surface area (Å²) < 4.78 is 9.77. The number of rotatable bonds is 6. The van der Waals surface area contributed by atoms with Gasteiger partial charge in [0.1, 0.15) is 5.75 Å². The zero-order chi connectivity index (χ0) is 17.0. The predicted molar refractivity (Wildman–Crippen MR) is 81.6 cm³/mol. The van der Waals surface area contributed by atoms with Crippen LogP contribution in [0.4, 0.5) is 11.4 Å². The summed E-state index contributed by atoms with van der Waals surface area (Å²) in [6.07, 6.45) is 1.70. The lowest BCUT2D eigenvalue weighted by Crippen LogP contribution is -2.08. The van der Waals surface area contributed by atoms with Crippen molar-refractivity contribution in [3.63, 3.8) is 0 Å². The molecule has 0 saturated heterocycles. The van der Waals surface area contributed by atoms with E-state index in [2.05, 4.69) is 20.3 Å². The molecule has 0 unspecified atom stereocenters. The molecule has 2 rings (SSSR count). The number of ether oxygens (including phenoxy) is 2. The SMILES string of the molecule is COC(=O)c1cc(OC)c(NCc2c[nH]nc2C)c([N+](=O)[O-])c1. The van der Waals surface area contributed by atoms with E-state index in [-0.39, 0.29) is 22.7 Å². The van der Waals surface area contributed by atoms with Crippen LogP contribution in [0.25, 0.3) is 0 Å². The molecule has 23 heavy (non-hydrogen) atoms. The first-order chi connectivity index (χ1) is 11.0. The number of carbonyl (C=O) groups is 1. The number of nitro groups is 1. The molecule has 0 saturated carbocycles. The number of nitrogens with one attached hydrogen (secondary N) is 2. The van der Waals surface area contributed by atoms with E-state index >= 15 is 0 Å². The minimum atomic E-state index is -0.677. The van der Waals surface area contributed by atoms with E-state index in [4.69, 9.17) is 4.74 Å². The maximum atomic E-state index is 11.6. The number of hydrogen-bond acceptors (Lipinski definition) is 7. The van der Waals surface area contributed by atoms with Crippen LogP contribution in [0, 0.1) is 17.0 Å². The lowest BCUT2D eigenvalue weighted by molar-refractivity contribution is -0.384. The highest BCUT2D eigenvalue weighted by Crippen LogP contribution is 2.36. The standard InChI is InChI=1S/C14H16N4O5/c1-8-10(7-16-17-8)6-15-13-11(18(20)21)4-9(14(19)23-3)5-12(13)22-2/h4-5,7,15H,6H2,1-3H3,(H,16,17). The molecule has 0 aliphatic heterocycles. The molecule has 0 fully saturated rings. The van der Waals surface area contributed by atoms with Gasteiger partial charge < -0.3 is 14.8 Å². The number of nitro benzene ring substituents is 1. The quantitative estimate of drug-likeness (QED) is 0.474. The number of aryl methyl sites for hydroxylation is 1. The summed E-state index contributed by atoms with van der Waals surface area (Å²) in [7, 11) is 2.57. The summed E-state index contributed by atoms with van der Waals surface area (Å²) in [6, 6.07) is 2.54. The molecule has 1 heterocycles. The van der Waals surface area contributed by atoms with E-state index < -0.39 is 10.9 Å². The molecule has 1 aromatic heterocycles. The Morgan fingerprint density at radius 2 is 2.17 bits per heavy atom. The van der Waals surface area contributed by atoms with Gasteiger partial charge in [-0.1, -0.05) is 0 Å². The van der Waals surface area contributed by atoms with E-state index in [1.807, 2.05) is 6.92 Å². The maximum absolute atomic E-state index is 11.6. The van der Waals surface area contributed by atoms with E-state index in [0.717, 1.165) is 17.3 Å².